The lowest BCUT2D eigenvalue weighted by molar-refractivity contribution is -0.0696. The summed E-state index contributed by atoms with van der Waals surface area (Å²) in [4.78, 5) is 0. The van der Waals surface area contributed by atoms with Crippen molar-refractivity contribution in [2.45, 2.75) is 45.5 Å². The highest BCUT2D eigenvalue weighted by molar-refractivity contribution is 4.81. The summed E-state index contributed by atoms with van der Waals surface area (Å²) < 4.78 is 25.8. The van der Waals surface area contributed by atoms with Crippen molar-refractivity contribution in [2.75, 3.05) is 0 Å². The molecule has 1 rings (SSSR count). The maximum absolute atomic E-state index is 12.9. The van der Waals surface area contributed by atoms with Crippen LogP contribution < -0.4 is 0 Å². The number of hydrogen-bond donors (Lipinski definition) is 0. The van der Waals surface area contributed by atoms with Crippen molar-refractivity contribution in [3.05, 3.63) is 0 Å². The molecule has 0 aromatic rings. The van der Waals surface area contributed by atoms with Crippen LogP contribution >= 0.6 is 0 Å². The van der Waals surface area contributed by atoms with Crippen molar-refractivity contribution in [3.8, 4) is 0 Å². The van der Waals surface area contributed by atoms with E-state index in [0.29, 0.717) is 0 Å². The smallest absolute Gasteiger partial charge is 0.207 e. The Morgan fingerprint density at radius 2 is 2.00 bits per heavy atom. The normalized spacial score (nSPS) is 37.1. The van der Waals surface area contributed by atoms with Gasteiger partial charge in [-0.2, -0.15) is 0 Å². The first kappa shape index (κ1) is 8.95. The molecule has 0 amide bonds. The molecule has 0 nitrogen and oxygen atoms in total. The highest BCUT2D eigenvalue weighted by Gasteiger charge is 2.38. The Kier molecular flexibility index (Phi) is 2.50. The minimum atomic E-state index is -2.38. The lowest BCUT2D eigenvalue weighted by Crippen LogP contribution is -2.30. The van der Waals surface area contributed by atoms with Crippen LogP contribution in [0.2, 0.25) is 0 Å². The largest absolute Gasteiger partial charge is 0.248 e. The average molecular weight is 162 g/mol. The SMILES string of the molecule is CCC1CC(C)CC(F)(F)C1. The van der Waals surface area contributed by atoms with Crippen LogP contribution in [-0.4, -0.2) is 5.92 Å². The van der Waals surface area contributed by atoms with Crippen LogP contribution in [-0.2, 0) is 0 Å². The topological polar surface area (TPSA) is 0 Å². The maximum Gasteiger partial charge on any atom is 0.248 e. The Bertz CT molecular complexity index is 132. The van der Waals surface area contributed by atoms with E-state index in [0.717, 1.165) is 12.8 Å². The van der Waals surface area contributed by atoms with Crippen LogP contribution in [0.3, 0.4) is 0 Å². The summed E-state index contributed by atoms with van der Waals surface area (Å²) in [7, 11) is 0. The van der Waals surface area contributed by atoms with E-state index in [-0.39, 0.29) is 24.7 Å². The van der Waals surface area contributed by atoms with Crippen molar-refractivity contribution in [1.29, 1.82) is 0 Å². The van der Waals surface area contributed by atoms with Gasteiger partial charge in [-0.3, -0.25) is 0 Å². The molecule has 0 radical (unpaired) electrons. The molecule has 1 aliphatic rings. The average Bonchev–Trinajstić information content (AvgIpc) is 1.83. The third-order valence-electron chi connectivity index (χ3n) is 2.55. The van der Waals surface area contributed by atoms with Gasteiger partial charge in [-0.25, -0.2) is 8.78 Å². The third kappa shape index (κ3) is 2.42. The lowest BCUT2D eigenvalue weighted by Gasteiger charge is -2.32. The van der Waals surface area contributed by atoms with Gasteiger partial charge in [-0.1, -0.05) is 20.3 Å². The summed E-state index contributed by atoms with van der Waals surface area (Å²) in [6, 6.07) is 0. The predicted molar refractivity (Wildman–Crippen MR) is 41.7 cm³/mol. The van der Waals surface area contributed by atoms with Gasteiger partial charge in [0, 0.05) is 12.8 Å². The number of alkyl halides is 2. The zero-order valence-electron chi connectivity index (χ0n) is 7.24. The molecule has 0 aromatic heterocycles. The Labute approximate surface area is 67.0 Å². The van der Waals surface area contributed by atoms with Gasteiger partial charge in [-0.15, -0.1) is 0 Å². The Morgan fingerprint density at radius 1 is 1.36 bits per heavy atom. The van der Waals surface area contributed by atoms with E-state index in [1.54, 1.807) is 0 Å². The van der Waals surface area contributed by atoms with Crippen molar-refractivity contribution in [1.82, 2.24) is 0 Å². The van der Waals surface area contributed by atoms with Gasteiger partial charge >= 0.3 is 0 Å². The highest BCUT2D eigenvalue weighted by atomic mass is 19.3. The summed E-state index contributed by atoms with van der Waals surface area (Å²) >= 11 is 0. The van der Waals surface area contributed by atoms with E-state index in [1.165, 1.54) is 0 Å². The van der Waals surface area contributed by atoms with Gasteiger partial charge < -0.3 is 0 Å². The molecule has 1 saturated carbocycles. The zero-order valence-corrected chi connectivity index (χ0v) is 7.24. The van der Waals surface area contributed by atoms with Crippen LogP contribution in [0.4, 0.5) is 8.78 Å². The van der Waals surface area contributed by atoms with E-state index in [2.05, 4.69) is 0 Å². The molecule has 2 unspecified atom stereocenters. The first-order valence-electron chi connectivity index (χ1n) is 4.41. The summed E-state index contributed by atoms with van der Waals surface area (Å²) in [5, 5.41) is 0. The molecule has 0 N–H and O–H groups in total. The van der Waals surface area contributed by atoms with Crippen LogP contribution in [0, 0.1) is 11.8 Å². The standard InChI is InChI=1S/C9H16F2/c1-3-8-4-7(2)5-9(10,11)6-8/h7-8H,3-6H2,1-2H3. The molecule has 1 fully saturated rings. The van der Waals surface area contributed by atoms with Crippen LogP contribution in [0.1, 0.15) is 39.5 Å². The van der Waals surface area contributed by atoms with Gasteiger partial charge in [0.05, 0.1) is 0 Å². The fourth-order valence-corrected chi connectivity index (χ4v) is 2.06. The monoisotopic (exact) mass is 162 g/mol. The van der Waals surface area contributed by atoms with Gasteiger partial charge in [-0.05, 0) is 18.3 Å². The molecule has 0 bridgehead atoms. The molecule has 0 aromatic carbocycles. The second-order valence-corrected chi connectivity index (χ2v) is 3.88. The summed E-state index contributed by atoms with van der Waals surface area (Å²) in [6.45, 7) is 3.93. The zero-order chi connectivity index (χ0) is 8.48. The molecular formula is C9H16F2. The minimum Gasteiger partial charge on any atom is -0.207 e. The van der Waals surface area contributed by atoms with Gasteiger partial charge in [0.1, 0.15) is 0 Å². The van der Waals surface area contributed by atoms with Crippen molar-refractivity contribution >= 4 is 0 Å². The number of rotatable bonds is 1. The highest BCUT2D eigenvalue weighted by Crippen LogP contribution is 2.40. The van der Waals surface area contributed by atoms with Crippen LogP contribution in [0.5, 0.6) is 0 Å². The predicted octanol–water partition coefficient (Wildman–Crippen LogP) is 3.47. The molecule has 0 aliphatic heterocycles. The number of halogens is 2. The van der Waals surface area contributed by atoms with E-state index in [1.807, 2.05) is 13.8 Å². The quantitative estimate of drug-likeness (QED) is 0.553. The van der Waals surface area contributed by atoms with E-state index < -0.39 is 5.92 Å². The van der Waals surface area contributed by atoms with E-state index in [4.69, 9.17) is 0 Å². The second kappa shape index (κ2) is 3.08. The van der Waals surface area contributed by atoms with Crippen molar-refractivity contribution in [2.24, 2.45) is 11.8 Å². The molecule has 0 heterocycles. The summed E-state index contributed by atoms with van der Waals surface area (Å²) in [5.41, 5.74) is 0. The molecule has 1 aliphatic carbocycles. The third-order valence-corrected chi connectivity index (χ3v) is 2.55. The second-order valence-electron chi connectivity index (χ2n) is 3.88. The van der Waals surface area contributed by atoms with Crippen LogP contribution in [0.15, 0.2) is 0 Å². The number of hydrogen-bond acceptors (Lipinski definition) is 0. The maximum atomic E-state index is 12.9. The summed E-state index contributed by atoms with van der Waals surface area (Å²) in [6.07, 6.45) is 2.11. The van der Waals surface area contributed by atoms with Crippen molar-refractivity contribution < 1.29 is 8.78 Å². The fraction of sp³-hybridized carbons (Fsp3) is 1.00. The molecular weight excluding hydrogens is 146 g/mol. The molecule has 0 saturated heterocycles. The van der Waals surface area contributed by atoms with E-state index in [9.17, 15) is 8.78 Å². The van der Waals surface area contributed by atoms with Crippen LogP contribution in [0.25, 0.3) is 0 Å². The summed E-state index contributed by atoms with van der Waals surface area (Å²) in [5.74, 6) is -1.91. The fourth-order valence-electron chi connectivity index (χ4n) is 2.06. The van der Waals surface area contributed by atoms with Gasteiger partial charge in [0.15, 0.2) is 0 Å². The lowest BCUT2D eigenvalue weighted by atomic mass is 9.79. The Hall–Kier alpha value is -0.140. The molecule has 66 valence electrons. The van der Waals surface area contributed by atoms with Gasteiger partial charge in [0.2, 0.25) is 5.92 Å². The first-order chi connectivity index (χ1) is 5.03. The molecule has 2 atom stereocenters. The van der Waals surface area contributed by atoms with Gasteiger partial charge in [0.25, 0.3) is 0 Å². The molecule has 11 heavy (non-hydrogen) atoms. The van der Waals surface area contributed by atoms with E-state index >= 15 is 0 Å². The Balaban J connectivity index is 2.51. The van der Waals surface area contributed by atoms with Crippen molar-refractivity contribution in [3.63, 3.8) is 0 Å². The molecule has 0 spiro atoms. The molecule has 2 heteroatoms. The minimum absolute atomic E-state index is 0.101. The first-order valence-corrected chi connectivity index (χ1v) is 4.41. The Morgan fingerprint density at radius 3 is 2.45 bits per heavy atom.